The van der Waals surface area contributed by atoms with E-state index in [9.17, 15) is 4.79 Å². The Morgan fingerprint density at radius 3 is 2.05 bits per heavy atom. The Bertz CT molecular complexity index is 1780. The minimum Gasteiger partial charge on any atom is -0.444 e. The molecule has 0 fully saturated rings. The van der Waals surface area contributed by atoms with Crippen LogP contribution >= 0.6 is 0 Å². The summed E-state index contributed by atoms with van der Waals surface area (Å²) in [6.07, 6.45) is 2.01. The second-order valence-electron chi connectivity index (χ2n) is 12.0. The maximum absolute atomic E-state index is 13.3. The van der Waals surface area contributed by atoms with Gasteiger partial charge in [0.2, 0.25) is 0 Å². The molecule has 0 bridgehead atoms. The van der Waals surface area contributed by atoms with Crippen molar-refractivity contribution in [2.75, 3.05) is 0 Å². The number of aromatic nitrogens is 4. The summed E-state index contributed by atoms with van der Waals surface area (Å²) >= 11 is 0. The third kappa shape index (κ3) is 6.57. The molecule has 0 saturated carbocycles. The molecule has 1 amide bonds. The monoisotopic (exact) mass is 583 g/mol. The minimum atomic E-state index is -0.660. The van der Waals surface area contributed by atoms with Gasteiger partial charge in [-0.05, 0) is 43.5 Å². The zero-order valence-corrected chi connectivity index (χ0v) is 25.3. The van der Waals surface area contributed by atoms with E-state index in [1.807, 2.05) is 81.6 Å². The average molecular weight is 584 g/mol. The number of H-pyrrole nitrogens is 1. The fraction of sp³-hybridized carbons (Fsp3) is 0.216. The van der Waals surface area contributed by atoms with Gasteiger partial charge < -0.3 is 19.6 Å². The number of hydrogen-bond donors (Lipinski definition) is 2. The Hall–Kier alpha value is -5.17. The molecule has 0 aliphatic carbocycles. The Labute approximate surface area is 257 Å². The van der Waals surface area contributed by atoms with Gasteiger partial charge in [-0.25, -0.2) is 4.79 Å². The van der Waals surface area contributed by atoms with Gasteiger partial charge in [-0.1, -0.05) is 109 Å². The van der Waals surface area contributed by atoms with E-state index >= 15 is 0 Å². The van der Waals surface area contributed by atoms with Crippen molar-refractivity contribution < 1.29 is 9.53 Å². The second-order valence-corrected chi connectivity index (χ2v) is 12.0. The second kappa shape index (κ2) is 12.6. The molecule has 1 atom stereocenters. The van der Waals surface area contributed by atoms with Gasteiger partial charge in [0.15, 0.2) is 5.82 Å². The molecular formula is C37H37N5O2. The lowest BCUT2D eigenvalue weighted by molar-refractivity contribution is 0.0510. The zero-order chi connectivity index (χ0) is 30.5. The van der Waals surface area contributed by atoms with Crippen LogP contribution in [-0.2, 0) is 17.7 Å². The smallest absolute Gasteiger partial charge is 0.408 e. The SMILES string of the molecule is CC(C)(C)OC(=O)N[C@@H](c1c[nH]c2ccccc12)c1nnc(Cc2ccccc2)n1CC(c1ccccc1)c1ccccc1. The number of hydrogen-bond acceptors (Lipinski definition) is 4. The highest BCUT2D eigenvalue weighted by atomic mass is 16.6. The largest absolute Gasteiger partial charge is 0.444 e. The first-order chi connectivity index (χ1) is 21.4. The maximum atomic E-state index is 13.3. The summed E-state index contributed by atoms with van der Waals surface area (Å²) in [4.78, 5) is 16.7. The van der Waals surface area contributed by atoms with E-state index in [0.29, 0.717) is 18.8 Å². The molecule has 222 valence electrons. The van der Waals surface area contributed by atoms with Crippen LogP contribution in [0.25, 0.3) is 10.9 Å². The van der Waals surface area contributed by atoms with Crippen LogP contribution in [-0.4, -0.2) is 31.4 Å². The van der Waals surface area contributed by atoms with Crippen LogP contribution in [0, 0.1) is 0 Å². The number of aromatic amines is 1. The molecule has 0 unspecified atom stereocenters. The highest BCUT2D eigenvalue weighted by molar-refractivity contribution is 5.84. The average Bonchev–Trinajstić information content (AvgIpc) is 3.63. The van der Waals surface area contributed by atoms with Crippen LogP contribution in [0.15, 0.2) is 121 Å². The molecule has 0 saturated heterocycles. The summed E-state index contributed by atoms with van der Waals surface area (Å²) in [7, 11) is 0. The van der Waals surface area contributed by atoms with Gasteiger partial charge in [-0.3, -0.25) is 0 Å². The predicted molar refractivity (Wildman–Crippen MR) is 174 cm³/mol. The third-order valence-electron chi connectivity index (χ3n) is 7.68. The van der Waals surface area contributed by atoms with Crippen LogP contribution in [0.5, 0.6) is 0 Å². The molecule has 2 N–H and O–H groups in total. The number of fused-ring (bicyclic) bond motifs is 1. The fourth-order valence-corrected chi connectivity index (χ4v) is 5.67. The van der Waals surface area contributed by atoms with Crippen molar-refractivity contribution in [2.24, 2.45) is 0 Å². The normalized spacial score (nSPS) is 12.4. The van der Waals surface area contributed by atoms with Crippen LogP contribution < -0.4 is 5.32 Å². The number of ether oxygens (including phenoxy) is 1. The molecule has 44 heavy (non-hydrogen) atoms. The first kappa shape index (κ1) is 28.9. The lowest BCUT2D eigenvalue weighted by Gasteiger charge is -2.26. The predicted octanol–water partition coefficient (Wildman–Crippen LogP) is 7.80. The Kier molecular flexibility index (Phi) is 8.28. The lowest BCUT2D eigenvalue weighted by Crippen LogP contribution is -2.36. The number of carbonyl (C=O) groups excluding carboxylic acids is 1. The van der Waals surface area contributed by atoms with Gasteiger partial charge in [0.05, 0.1) is 0 Å². The van der Waals surface area contributed by atoms with E-state index in [1.54, 1.807) is 0 Å². The van der Waals surface area contributed by atoms with Gasteiger partial charge in [-0.15, -0.1) is 10.2 Å². The molecule has 0 aliphatic rings. The molecule has 6 rings (SSSR count). The van der Waals surface area contributed by atoms with Crippen molar-refractivity contribution in [3.8, 4) is 0 Å². The van der Waals surface area contributed by atoms with Gasteiger partial charge in [0.25, 0.3) is 0 Å². The van der Waals surface area contributed by atoms with Crippen molar-refractivity contribution in [3.63, 3.8) is 0 Å². The number of alkyl carbamates (subject to hydrolysis) is 1. The highest BCUT2D eigenvalue weighted by Gasteiger charge is 2.30. The number of amides is 1. The molecule has 2 heterocycles. The van der Waals surface area contributed by atoms with Crippen LogP contribution in [0.2, 0.25) is 0 Å². The first-order valence-electron chi connectivity index (χ1n) is 15.0. The van der Waals surface area contributed by atoms with Gasteiger partial charge >= 0.3 is 6.09 Å². The summed E-state index contributed by atoms with van der Waals surface area (Å²) in [6.45, 7) is 6.15. The van der Waals surface area contributed by atoms with Crippen LogP contribution in [0.1, 0.15) is 66.6 Å². The number of carbonyl (C=O) groups is 1. The van der Waals surface area contributed by atoms with Gasteiger partial charge in [-0.2, -0.15) is 0 Å². The molecule has 6 aromatic rings. The van der Waals surface area contributed by atoms with Crippen LogP contribution in [0.3, 0.4) is 0 Å². The Morgan fingerprint density at radius 1 is 0.818 bits per heavy atom. The first-order valence-corrected chi connectivity index (χ1v) is 15.0. The number of nitrogens with one attached hydrogen (secondary N) is 2. The summed E-state index contributed by atoms with van der Waals surface area (Å²) in [6, 6.07) is 38.7. The molecule has 4 aromatic carbocycles. The minimum absolute atomic E-state index is 0.0202. The van der Waals surface area contributed by atoms with Crippen molar-refractivity contribution in [3.05, 3.63) is 155 Å². The number of para-hydroxylation sites is 1. The number of benzene rings is 4. The molecule has 0 aliphatic heterocycles. The maximum Gasteiger partial charge on any atom is 0.408 e. The third-order valence-corrected chi connectivity index (χ3v) is 7.68. The van der Waals surface area contributed by atoms with E-state index < -0.39 is 17.7 Å². The summed E-state index contributed by atoms with van der Waals surface area (Å²) in [5.74, 6) is 1.48. The Morgan fingerprint density at radius 2 is 1.41 bits per heavy atom. The lowest BCUT2D eigenvalue weighted by atomic mass is 9.91. The molecule has 2 aromatic heterocycles. The van der Waals surface area contributed by atoms with Crippen molar-refractivity contribution in [2.45, 2.75) is 51.3 Å². The summed E-state index contributed by atoms with van der Waals surface area (Å²) in [5, 5.41) is 13.7. The van der Waals surface area contributed by atoms with Crippen molar-refractivity contribution in [1.82, 2.24) is 25.1 Å². The van der Waals surface area contributed by atoms with E-state index in [2.05, 4.69) is 75.5 Å². The van der Waals surface area contributed by atoms with Crippen molar-refractivity contribution in [1.29, 1.82) is 0 Å². The molecule has 7 heteroatoms. The fourth-order valence-electron chi connectivity index (χ4n) is 5.67. The molecular weight excluding hydrogens is 546 g/mol. The van der Waals surface area contributed by atoms with Crippen LogP contribution in [0.4, 0.5) is 4.79 Å². The number of rotatable bonds is 9. The molecule has 0 spiro atoms. The van der Waals surface area contributed by atoms with Crippen molar-refractivity contribution >= 4 is 17.0 Å². The summed E-state index contributed by atoms with van der Waals surface area (Å²) in [5.41, 5.74) is 4.71. The van der Waals surface area contributed by atoms with E-state index in [4.69, 9.17) is 14.9 Å². The molecule has 0 radical (unpaired) electrons. The standard InChI is InChI=1S/C37H37N5O2/c1-37(2,3)44-36(43)39-34(30-24-38-32-22-14-13-21-29(30)32)35-41-40-33(23-26-15-7-4-8-16-26)42(35)25-31(27-17-9-5-10-18-27)28-19-11-6-12-20-28/h4-22,24,31,34,38H,23,25H2,1-3H3,(H,39,43)/t34-/m0/s1. The summed E-state index contributed by atoms with van der Waals surface area (Å²) < 4.78 is 7.93. The Balaban J connectivity index is 1.50. The van der Waals surface area contributed by atoms with E-state index in [1.165, 1.54) is 11.1 Å². The molecule has 7 nitrogen and oxygen atoms in total. The van der Waals surface area contributed by atoms with Gasteiger partial charge in [0.1, 0.15) is 17.5 Å². The van der Waals surface area contributed by atoms with E-state index in [0.717, 1.165) is 27.9 Å². The topological polar surface area (TPSA) is 84.8 Å². The zero-order valence-electron chi connectivity index (χ0n) is 25.3. The highest BCUT2D eigenvalue weighted by Crippen LogP contribution is 2.33. The van der Waals surface area contributed by atoms with Gasteiger partial charge in [0, 0.05) is 41.5 Å². The number of nitrogens with zero attached hydrogens (tertiary/aromatic N) is 3. The quantitative estimate of drug-likeness (QED) is 0.182. The van der Waals surface area contributed by atoms with E-state index in [-0.39, 0.29) is 5.92 Å².